The number of amides is 1. The first kappa shape index (κ1) is 21.1. The Balaban J connectivity index is 1.46. The maximum atomic E-state index is 13.7. The largest absolute Gasteiger partial charge is 0.326 e. The zero-order valence-corrected chi connectivity index (χ0v) is 17.6. The number of nitrogens with zero attached hydrogens (tertiary/aromatic N) is 5. The van der Waals surface area contributed by atoms with Crippen LogP contribution < -0.4 is 5.32 Å². The third-order valence-corrected chi connectivity index (χ3v) is 7.16. The second-order valence-electron chi connectivity index (χ2n) is 7.40. The molecular formula is C20H21FN6O3S. The Morgan fingerprint density at radius 1 is 1.19 bits per heavy atom. The maximum Gasteiger partial charge on any atom is 0.243 e. The summed E-state index contributed by atoms with van der Waals surface area (Å²) in [6.07, 6.45) is 2.53. The van der Waals surface area contributed by atoms with E-state index in [9.17, 15) is 17.6 Å². The number of sulfonamides is 1. The highest BCUT2D eigenvalue weighted by Gasteiger charge is 2.33. The van der Waals surface area contributed by atoms with Crippen molar-refractivity contribution in [2.75, 3.05) is 18.4 Å². The van der Waals surface area contributed by atoms with E-state index in [1.807, 2.05) is 0 Å². The first-order chi connectivity index (χ1) is 14.8. The molecule has 1 atom stereocenters. The van der Waals surface area contributed by atoms with Crippen LogP contribution >= 0.6 is 0 Å². The van der Waals surface area contributed by atoms with Crippen LogP contribution in [-0.2, 0) is 14.8 Å². The zero-order valence-electron chi connectivity index (χ0n) is 16.8. The molecule has 1 fully saturated rings. The number of anilines is 1. The van der Waals surface area contributed by atoms with Gasteiger partial charge in [-0.15, -0.1) is 5.10 Å². The molecule has 0 unspecified atom stereocenters. The number of carbonyl (C=O) groups is 1. The number of aryl methyl sites for hydroxylation is 1. The van der Waals surface area contributed by atoms with Gasteiger partial charge in [0.25, 0.3) is 0 Å². The van der Waals surface area contributed by atoms with E-state index in [0.717, 1.165) is 0 Å². The maximum absolute atomic E-state index is 13.7. The van der Waals surface area contributed by atoms with E-state index in [4.69, 9.17) is 0 Å². The third-order valence-electron chi connectivity index (χ3n) is 5.28. The van der Waals surface area contributed by atoms with E-state index in [0.29, 0.717) is 36.3 Å². The van der Waals surface area contributed by atoms with Crippen LogP contribution in [-0.4, -0.2) is 51.9 Å². The molecule has 1 amide bonds. The molecular weight excluding hydrogens is 423 g/mol. The van der Waals surface area contributed by atoms with Gasteiger partial charge in [-0.2, -0.15) is 4.31 Å². The molecule has 9 nitrogen and oxygen atoms in total. The van der Waals surface area contributed by atoms with Gasteiger partial charge in [0.2, 0.25) is 15.9 Å². The summed E-state index contributed by atoms with van der Waals surface area (Å²) in [5, 5.41) is 13.6. The average molecular weight is 444 g/mol. The molecule has 0 radical (unpaired) electrons. The number of aromatic nitrogens is 4. The number of hydrogen-bond acceptors (Lipinski definition) is 6. The minimum Gasteiger partial charge on any atom is -0.326 e. The van der Waals surface area contributed by atoms with E-state index >= 15 is 0 Å². The standard InChI is InChI=1S/C20H21FN6O3S/c1-14-4-5-16(11-19(14)21)23-20(28)15-3-2-10-26(12-15)31(29,30)18-8-6-17(7-9-18)27-13-22-24-25-27/h4-9,11,13,15H,2-3,10,12H2,1H3,(H,23,28)/t15-/m1/s1. The van der Waals surface area contributed by atoms with Crippen LogP contribution in [0, 0.1) is 18.7 Å². The van der Waals surface area contributed by atoms with Crippen molar-refractivity contribution in [3.05, 3.63) is 60.2 Å². The minimum atomic E-state index is -3.77. The van der Waals surface area contributed by atoms with Crippen molar-refractivity contribution >= 4 is 21.6 Å². The smallest absolute Gasteiger partial charge is 0.243 e. The number of tetrazole rings is 1. The van der Waals surface area contributed by atoms with Gasteiger partial charge in [-0.3, -0.25) is 4.79 Å². The summed E-state index contributed by atoms with van der Waals surface area (Å²) in [7, 11) is -3.77. The predicted octanol–water partition coefficient (Wildman–Crippen LogP) is 2.15. The number of benzene rings is 2. The topological polar surface area (TPSA) is 110 Å². The Morgan fingerprint density at radius 3 is 2.65 bits per heavy atom. The highest BCUT2D eigenvalue weighted by atomic mass is 32.2. The number of halogens is 1. The van der Waals surface area contributed by atoms with Crippen molar-refractivity contribution in [3.63, 3.8) is 0 Å². The van der Waals surface area contributed by atoms with E-state index in [1.165, 1.54) is 33.5 Å². The Morgan fingerprint density at radius 2 is 1.97 bits per heavy atom. The fraction of sp³-hybridized carbons (Fsp3) is 0.300. The molecule has 162 valence electrons. The quantitative estimate of drug-likeness (QED) is 0.646. The van der Waals surface area contributed by atoms with Crippen LogP contribution in [0.15, 0.2) is 53.7 Å². The first-order valence-electron chi connectivity index (χ1n) is 9.75. The normalized spacial score (nSPS) is 17.4. The van der Waals surface area contributed by atoms with Crippen LogP contribution in [0.3, 0.4) is 0 Å². The van der Waals surface area contributed by atoms with Gasteiger partial charge in [-0.25, -0.2) is 17.5 Å². The molecule has 1 saturated heterocycles. The van der Waals surface area contributed by atoms with Crippen molar-refractivity contribution in [2.24, 2.45) is 5.92 Å². The van der Waals surface area contributed by atoms with Crippen molar-refractivity contribution in [3.8, 4) is 5.69 Å². The predicted molar refractivity (Wildman–Crippen MR) is 110 cm³/mol. The molecule has 1 aliphatic heterocycles. The minimum absolute atomic E-state index is 0.0667. The number of piperidine rings is 1. The number of nitrogens with one attached hydrogen (secondary N) is 1. The molecule has 2 heterocycles. The lowest BCUT2D eigenvalue weighted by atomic mass is 9.98. The van der Waals surface area contributed by atoms with Crippen LogP contribution in [0.5, 0.6) is 0 Å². The molecule has 3 aromatic rings. The summed E-state index contributed by atoms with van der Waals surface area (Å²) in [6.45, 7) is 2.04. The van der Waals surface area contributed by atoms with Gasteiger partial charge >= 0.3 is 0 Å². The summed E-state index contributed by atoms with van der Waals surface area (Å²) < 4.78 is 42.7. The van der Waals surface area contributed by atoms with Gasteiger partial charge in [-0.1, -0.05) is 6.07 Å². The highest BCUT2D eigenvalue weighted by molar-refractivity contribution is 7.89. The van der Waals surface area contributed by atoms with Crippen LogP contribution in [0.1, 0.15) is 18.4 Å². The lowest BCUT2D eigenvalue weighted by Crippen LogP contribution is -2.43. The van der Waals surface area contributed by atoms with Gasteiger partial charge in [0.1, 0.15) is 12.1 Å². The summed E-state index contributed by atoms with van der Waals surface area (Å²) in [6, 6.07) is 10.7. The van der Waals surface area contributed by atoms with Crippen molar-refractivity contribution in [1.29, 1.82) is 0 Å². The van der Waals surface area contributed by atoms with Crippen molar-refractivity contribution in [1.82, 2.24) is 24.5 Å². The number of carbonyl (C=O) groups excluding carboxylic acids is 1. The molecule has 4 rings (SSSR count). The number of rotatable bonds is 5. The van der Waals surface area contributed by atoms with Crippen LogP contribution in [0.2, 0.25) is 0 Å². The second kappa shape index (κ2) is 8.52. The van der Waals surface area contributed by atoms with Gasteiger partial charge in [0, 0.05) is 18.8 Å². The van der Waals surface area contributed by atoms with Crippen molar-refractivity contribution in [2.45, 2.75) is 24.7 Å². The molecule has 0 spiro atoms. The molecule has 11 heteroatoms. The Bertz CT molecular complexity index is 1180. The zero-order chi connectivity index (χ0) is 22.0. The first-order valence-corrected chi connectivity index (χ1v) is 11.2. The molecule has 1 N–H and O–H groups in total. The molecule has 2 aromatic carbocycles. The lowest BCUT2D eigenvalue weighted by molar-refractivity contribution is -0.120. The van der Waals surface area contributed by atoms with Gasteiger partial charge < -0.3 is 5.32 Å². The van der Waals surface area contributed by atoms with Crippen LogP contribution in [0.25, 0.3) is 5.69 Å². The molecule has 1 aliphatic rings. The Kier molecular flexibility index (Phi) is 5.79. The summed E-state index contributed by atoms with van der Waals surface area (Å²) >= 11 is 0. The van der Waals surface area contributed by atoms with Gasteiger partial charge in [0.15, 0.2) is 0 Å². The Hall–Kier alpha value is -3.18. The van der Waals surface area contributed by atoms with E-state index < -0.39 is 21.8 Å². The Labute approximate surface area is 178 Å². The van der Waals surface area contributed by atoms with E-state index in [1.54, 1.807) is 31.2 Å². The van der Waals surface area contributed by atoms with Gasteiger partial charge in [-0.05, 0) is 72.2 Å². The summed E-state index contributed by atoms with van der Waals surface area (Å²) in [5.41, 5.74) is 1.47. The summed E-state index contributed by atoms with van der Waals surface area (Å²) in [4.78, 5) is 12.8. The average Bonchev–Trinajstić information content (AvgIpc) is 3.31. The molecule has 31 heavy (non-hydrogen) atoms. The van der Waals surface area contributed by atoms with Gasteiger partial charge in [0.05, 0.1) is 16.5 Å². The van der Waals surface area contributed by atoms with Crippen LogP contribution in [0.4, 0.5) is 10.1 Å². The SMILES string of the molecule is Cc1ccc(NC(=O)[C@@H]2CCCN(S(=O)(=O)c3ccc(-n4cnnn4)cc3)C2)cc1F. The number of hydrogen-bond donors (Lipinski definition) is 1. The monoisotopic (exact) mass is 444 g/mol. The summed E-state index contributed by atoms with van der Waals surface area (Å²) in [5.74, 6) is -1.25. The highest BCUT2D eigenvalue weighted by Crippen LogP contribution is 2.25. The molecule has 0 aliphatic carbocycles. The third kappa shape index (κ3) is 4.47. The fourth-order valence-electron chi connectivity index (χ4n) is 3.49. The second-order valence-corrected chi connectivity index (χ2v) is 9.34. The molecule has 0 saturated carbocycles. The lowest BCUT2D eigenvalue weighted by Gasteiger charge is -2.31. The molecule has 1 aromatic heterocycles. The fourth-order valence-corrected chi connectivity index (χ4v) is 5.01. The van der Waals surface area contributed by atoms with E-state index in [2.05, 4.69) is 20.8 Å². The molecule has 0 bridgehead atoms. The van der Waals surface area contributed by atoms with E-state index in [-0.39, 0.29) is 17.3 Å². The van der Waals surface area contributed by atoms with Crippen molar-refractivity contribution < 1.29 is 17.6 Å².